The summed E-state index contributed by atoms with van der Waals surface area (Å²) in [7, 11) is 0. The van der Waals surface area contributed by atoms with Crippen molar-refractivity contribution in [3.63, 3.8) is 0 Å². The second kappa shape index (κ2) is 6.81. The van der Waals surface area contributed by atoms with Gasteiger partial charge in [0.2, 0.25) is 0 Å². The lowest BCUT2D eigenvalue weighted by atomic mass is 10.2. The molecule has 1 atom stereocenters. The molecule has 6 heteroatoms. The zero-order chi connectivity index (χ0) is 14.4. The molecule has 0 aliphatic rings. The first kappa shape index (κ1) is 14.2. The number of hydrogen-bond donors (Lipinski definition) is 0. The van der Waals surface area contributed by atoms with Crippen LogP contribution in [0.5, 0.6) is 5.75 Å². The summed E-state index contributed by atoms with van der Waals surface area (Å²) in [5.74, 6) is 1.51. The fraction of sp³-hybridized carbons (Fsp3) is 0.357. The number of carbonyl (C=O) groups is 1. The maximum atomic E-state index is 10.5. The first-order valence-corrected chi connectivity index (χ1v) is 6.35. The topological polar surface area (TPSA) is 74.5 Å². The maximum absolute atomic E-state index is 10.5. The molecule has 0 bridgehead atoms. The average molecular weight is 276 g/mol. The first-order valence-electron chi connectivity index (χ1n) is 6.35. The molecule has 1 aromatic heterocycles. The van der Waals surface area contributed by atoms with E-state index in [0.29, 0.717) is 29.6 Å². The Balaban J connectivity index is 1.91. The highest BCUT2D eigenvalue weighted by molar-refractivity contribution is 5.74. The van der Waals surface area contributed by atoms with Gasteiger partial charge in [-0.1, -0.05) is 5.16 Å². The Kier molecular flexibility index (Phi) is 4.84. The van der Waals surface area contributed by atoms with Crippen molar-refractivity contribution in [3.05, 3.63) is 41.5 Å². The quantitative estimate of drug-likeness (QED) is 0.723. The number of hydrogen-bond acceptors (Lipinski definition) is 6. The normalized spacial score (nSPS) is 12.1. The SMILES string of the molecule is CCOC(C)c1noc(COc2ccc(C=O)cc2)n1. The molecule has 1 heterocycles. The minimum absolute atomic E-state index is 0.173. The van der Waals surface area contributed by atoms with Gasteiger partial charge in [0.05, 0.1) is 0 Å². The van der Waals surface area contributed by atoms with Crippen LogP contribution in [0.2, 0.25) is 0 Å². The summed E-state index contributed by atoms with van der Waals surface area (Å²) in [6.07, 6.45) is 0.577. The van der Waals surface area contributed by atoms with Gasteiger partial charge in [-0.05, 0) is 38.1 Å². The van der Waals surface area contributed by atoms with Crippen molar-refractivity contribution in [1.29, 1.82) is 0 Å². The summed E-state index contributed by atoms with van der Waals surface area (Å²) < 4.78 is 15.9. The maximum Gasteiger partial charge on any atom is 0.264 e. The van der Waals surface area contributed by atoms with E-state index < -0.39 is 0 Å². The Morgan fingerprint density at radius 3 is 2.75 bits per heavy atom. The Morgan fingerprint density at radius 2 is 2.10 bits per heavy atom. The zero-order valence-electron chi connectivity index (χ0n) is 11.4. The van der Waals surface area contributed by atoms with Crippen molar-refractivity contribution in [3.8, 4) is 5.75 Å². The lowest BCUT2D eigenvalue weighted by Gasteiger charge is -2.05. The second-order valence-corrected chi connectivity index (χ2v) is 4.12. The van der Waals surface area contributed by atoms with Crippen LogP contribution in [0.4, 0.5) is 0 Å². The first-order chi connectivity index (χ1) is 9.72. The largest absolute Gasteiger partial charge is 0.484 e. The van der Waals surface area contributed by atoms with E-state index in [1.54, 1.807) is 24.3 Å². The molecular weight excluding hydrogens is 260 g/mol. The number of carbonyl (C=O) groups excluding carboxylic acids is 1. The van der Waals surface area contributed by atoms with Gasteiger partial charge in [-0.25, -0.2) is 0 Å². The molecule has 0 aliphatic carbocycles. The van der Waals surface area contributed by atoms with Crippen molar-refractivity contribution in [1.82, 2.24) is 10.1 Å². The van der Waals surface area contributed by atoms with Crippen molar-refractivity contribution in [2.24, 2.45) is 0 Å². The molecule has 6 nitrogen and oxygen atoms in total. The van der Waals surface area contributed by atoms with Gasteiger partial charge in [0, 0.05) is 12.2 Å². The molecule has 2 rings (SSSR count). The lowest BCUT2D eigenvalue weighted by Crippen LogP contribution is -2.02. The Labute approximate surface area is 116 Å². The van der Waals surface area contributed by atoms with Gasteiger partial charge in [0.25, 0.3) is 5.89 Å². The smallest absolute Gasteiger partial charge is 0.264 e. The number of aldehydes is 1. The monoisotopic (exact) mass is 276 g/mol. The molecule has 2 aromatic rings. The molecule has 1 unspecified atom stereocenters. The van der Waals surface area contributed by atoms with Gasteiger partial charge < -0.3 is 14.0 Å². The van der Waals surface area contributed by atoms with Crippen LogP contribution in [0.15, 0.2) is 28.8 Å². The minimum Gasteiger partial charge on any atom is -0.484 e. The van der Waals surface area contributed by atoms with Gasteiger partial charge in [0.15, 0.2) is 12.4 Å². The van der Waals surface area contributed by atoms with E-state index in [4.69, 9.17) is 14.0 Å². The predicted octanol–water partition coefficient (Wildman–Crippen LogP) is 2.56. The molecule has 20 heavy (non-hydrogen) atoms. The highest BCUT2D eigenvalue weighted by Gasteiger charge is 2.13. The number of aromatic nitrogens is 2. The van der Waals surface area contributed by atoms with Crippen LogP contribution in [0.25, 0.3) is 0 Å². The standard InChI is InChI=1S/C14H16N2O4/c1-3-18-10(2)14-15-13(20-16-14)9-19-12-6-4-11(8-17)5-7-12/h4-8,10H,3,9H2,1-2H3. The summed E-state index contributed by atoms with van der Waals surface area (Å²) in [5, 5.41) is 3.84. The van der Waals surface area contributed by atoms with E-state index in [2.05, 4.69) is 10.1 Å². The summed E-state index contributed by atoms with van der Waals surface area (Å²) >= 11 is 0. The molecule has 0 spiro atoms. The van der Waals surface area contributed by atoms with Crippen LogP contribution in [0.3, 0.4) is 0 Å². The van der Waals surface area contributed by atoms with Crippen LogP contribution in [-0.2, 0) is 11.3 Å². The van der Waals surface area contributed by atoms with E-state index >= 15 is 0 Å². The van der Waals surface area contributed by atoms with E-state index in [0.717, 1.165) is 6.29 Å². The number of ether oxygens (including phenoxy) is 2. The number of benzene rings is 1. The van der Waals surface area contributed by atoms with Gasteiger partial charge in [-0.3, -0.25) is 4.79 Å². The van der Waals surface area contributed by atoms with Crippen LogP contribution >= 0.6 is 0 Å². The van der Waals surface area contributed by atoms with Crippen molar-refractivity contribution in [2.45, 2.75) is 26.6 Å². The Morgan fingerprint density at radius 1 is 1.35 bits per heavy atom. The minimum atomic E-state index is -0.204. The third kappa shape index (κ3) is 3.64. The molecule has 0 amide bonds. The van der Waals surface area contributed by atoms with Crippen molar-refractivity contribution in [2.75, 3.05) is 6.61 Å². The second-order valence-electron chi connectivity index (χ2n) is 4.12. The number of nitrogens with zero attached hydrogens (tertiary/aromatic N) is 2. The highest BCUT2D eigenvalue weighted by atomic mass is 16.5. The molecule has 0 saturated carbocycles. The average Bonchev–Trinajstić information content (AvgIpc) is 2.95. The van der Waals surface area contributed by atoms with Gasteiger partial charge in [-0.15, -0.1) is 0 Å². The summed E-state index contributed by atoms with van der Waals surface area (Å²) in [6, 6.07) is 6.78. The van der Waals surface area contributed by atoms with E-state index in [1.165, 1.54) is 0 Å². The fourth-order valence-electron chi connectivity index (χ4n) is 1.60. The molecule has 0 aliphatic heterocycles. The molecule has 0 saturated heterocycles. The van der Waals surface area contributed by atoms with Gasteiger partial charge in [-0.2, -0.15) is 4.98 Å². The molecule has 0 fully saturated rings. The summed E-state index contributed by atoms with van der Waals surface area (Å²) in [6.45, 7) is 4.53. The molecular formula is C14H16N2O4. The van der Waals surface area contributed by atoms with Crippen molar-refractivity contribution < 1.29 is 18.8 Å². The third-order valence-corrected chi connectivity index (χ3v) is 2.64. The fourth-order valence-corrected chi connectivity index (χ4v) is 1.60. The summed E-state index contributed by atoms with van der Waals surface area (Å²) in [5.41, 5.74) is 0.600. The van der Waals surface area contributed by atoms with E-state index in [1.807, 2.05) is 13.8 Å². The Bertz CT molecular complexity index is 551. The van der Waals surface area contributed by atoms with Crippen LogP contribution in [0.1, 0.15) is 42.0 Å². The predicted molar refractivity (Wildman–Crippen MR) is 70.5 cm³/mol. The van der Waals surface area contributed by atoms with Gasteiger partial charge in [0.1, 0.15) is 18.1 Å². The van der Waals surface area contributed by atoms with E-state index in [-0.39, 0.29) is 12.7 Å². The molecule has 106 valence electrons. The Hall–Kier alpha value is -2.21. The molecule has 1 aromatic carbocycles. The van der Waals surface area contributed by atoms with Gasteiger partial charge >= 0.3 is 0 Å². The molecule has 0 N–H and O–H groups in total. The summed E-state index contributed by atoms with van der Waals surface area (Å²) in [4.78, 5) is 14.7. The lowest BCUT2D eigenvalue weighted by molar-refractivity contribution is 0.0683. The van der Waals surface area contributed by atoms with E-state index in [9.17, 15) is 4.79 Å². The van der Waals surface area contributed by atoms with Crippen LogP contribution in [0, 0.1) is 0 Å². The highest BCUT2D eigenvalue weighted by Crippen LogP contribution is 2.15. The van der Waals surface area contributed by atoms with Crippen molar-refractivity contribution >= 4 is 6.29 Å². The number of rotatable bonds is 7. The van der Waals surface area contributed by atoms with Crippen LogP contribution < -0.4 is 4.74 Å². The molecule has 0 radical (unpaired) electrons. The zero-order valence-corrected chi connectivity index (χ0v) is 11.4. The third-order valence-electron chi connectivity index (χ3n) is 2.64. The van der Waals surface area contributed by atoms with Crippen LogP contribution in [-0.4, -0.2) is 23.0 Å².